The number of ether oxygens (including phenoxy) is 2. The minimum Gasteiger partial charge on any atom is -0.462 e. The monoisotopic (exact) mass is 817 g/mol. The van der Waals surface area contributed by atoms with Crippen molar-refractivity contribution in [3.63, 3.8) is 0 Å². The second-order valence-electron chi connectivity index (χ2n) is 17.1. The molecular weight excluding hydrogens is 725 g/mol. The molecule has 0 aliphatic carbocycles. The van der Waals surface area contributed by atoms with Gasteiger partial charge in [0.2, 0.25) is 0 Å². The Morgan fingerprint density at radius 3 is 1.32 bits per heavy atom. The number of likely N-dealkylation sites (N-methyl/N-ethyl adjacent to an activating group) is 1. The van der Waals surface area contributed by atoms with Gasteiger partial charge in [-0.25, -0.2) is 4.57 Å². The number of unbranched alkanes of at least 4 members (excludes halogenated alkanes) is 27. The number of allylic oxidation sites excluding steroid dienone is 2. The van der Waals surface area contributed by atoms with Gasteiger partial charge in [0.25, 0.3) is 0 Å². The molecule has 0 aliphatic rings. The van der Waals surface area contributed by atoms with Gasteiger partial charge in [-0.2, -0.15) is 0 Å². The SMILES string of the molecule is CCCCCCCCCCC/C=C\CCCCCCC(=O)O[C@H](COC(=O)CCCCCCCCCCCCCCCCC)COP(=O)(O)OCC[N+](C)(C)C. The Balaban J connectivity index is 4.31. The van der Waals surface area contributed by atoms with Crippen LogP contribution in [0.25, 0.3) is 0 Å². The normalized spacial score (nSPS) is 13.6. The number of nitrogens with zero attached hydrogens (tertiary/aromatic N) is 1. The van der Waals surface area contributed by atoms with Crippen molar-refractivity contribution in [1.29, 1.82) is 0 Å². The smallest absolute Gasteiger partial charge is 0.462 e. The highest BCUT2D eigenvalue weighted by Crippen LogP contribution is 2.43. The maximum atomic E-state index is 12.7. The average molecular weight is 817 g/mol. The number of carbonyl (C=O) groups excluding carboxylic acids is 2. The number of hydrogen-bond acceptors (Lipinski definition) is 7. The van der Waals surface area contributed by atoms with Crippen LogP contribution in [0.3, 0.4) is 0 Å². The fourth-order valence-electron chi connectivity index (χ4n) is 6.60. The van der Waals surface area contributed by atoms with E-state index in [0.717, 1.165) is 51.4 Å². The Bertz CT molecular complexity index is 969. The van der Waals surface area contributed by atoms with Crippen LogP contribution in [0.5, 0.6) is 0 Å². The Kier molecular flexibility index (Phi) is 38.3. The lowest BCUT2D eigenvalue weighted by atomic mass is 10.0. The minimum absolute atomic E-state index is 0.0328. The van der Waals surface area contributed by atoms with Crippen molar-refractivity contribution in [2.45, 2.75) is 225 Å². The van der Waals surface area contributed by atoms with Gasteiger partial charge in [-0.1, -0.05) is 180 Å². The molecule has 0 aromatic carbocycles. The summed E-state index contributed by atoms with van der Waals surface area (Å²) in [5.41, 5.74) is 0. The molecule has 0 aliphatic heterocycles. The average Bonchev–Trinajstić information content (AvgIpc) is 3.15. The van der Waals surface area contributed by atoms with Crippen LogP contribution in [-0.4, -0.2) is 74.9 Å². The number of hydrogen-bond donors (Lipinski definition) is 1. The zero-order valence-electron chi connectivity index (χ0n) is 37.4. The minimum atomic E-state index is -4.37. The zero-order valence-corrected chi connectivity index (χ0v) is 38.3. The number of rotatable bonds is 43. The number of phosphoric acid groups is 1. The third-order valence-electron chi connectivity index (χ3n) is 10.3. The molecule has 0 radical (unpaired) electrons. The summed E-state index contributed by atoms with van der Waals surface area (Å²) in [5, 5.41) is 0. The van der Waals surface area contributed by atoms with Crippen LogP contribution < -0.4 is 0 Å². The van der Waals surface area contributed by atoms with Crippen LogP contribution >= 0.6 is 7.82 Å². The van der Waals surface area contributed by atoms with Crippen LogP contribution in [0.4, 0.5) is 0 Å². The van der Waals surface area contributed by atoms with Crippen molar-refractivity contribution < 1.29 is 42.1 Å². The molecule has 0 bridgehead atoms. The second-order valence-corrected chi connectivity index (χ2v) is 18.6. The Morgan fingerprint density at radius 2 is 0.911 bits per heavy atom. The maximum absolute atomic E-state index is 12.7. The second kappa shape index (κ2) is 39.2. The lowest BCUT2D eigenvalue weighted by Crippen LogP contribution is -2.37. The van der Waals surface area contributed by atoms with E-state index in [1.165, 1.54) is 135 Å². The quantitative estimate of drug-likeness (QED) is 0.0213. The van der Waals surface area contributed by atoms with E-state index in [1.807, 2.05) is 21.1 Å². The van der Waals surface area contributed by atoms with Crippen LogP contribution in [0, 0.1) is 0 Å². The highest BCUT2D eigenvalue weighted by molar-refractivity contribution is 7.47. The summed E-state index contributed by atoms with van der Waals surface area (Å²) in [4.78, 5) is 35.4. The molecule has 0 saturated carbocycles. The molecule has 2 atom stereocenters. The first-order valence-electron chi connectivity index (χ1n) is 23.4. The highest BCUT2D eigenvalue weighted by atomic mass is 31.2. The maximum Gasteiger partial charge on any atom is 0.472 e. The van der Waals surface area contributed by atoms with E-state index in [0.29, 0.717) is 23.9 Å². The van der Waals surface area contributed by atoms with Crippen molar-refractivity contribution >= 4 is 19.8 Å². The van der Waals surface area contributed by atoms with Gasteiger partial charge in [0.1, 0.15) is 19.8 Å². The number of esters is 2. The van der Waals surface area contributed by atoms with Crippen molar-refractivity contribution in [3.05, 3.63) is 12.2 Å². The van der Waals surface area contributed by atoms with E-state index in [4.69, 9.17) is 18.5 Å². The van der Waals surface area contributed by atoms with Gasteiger partial charge in [0.05, 0.1) is 27.7 Å². The fourth-order valence-corrected chi connectivity index (χ4v) is 7.34. The summed E-state index contributed by atoms with van der Waals surface area (Å²) in [7, 11) is 1.48. The summed E-state index contributed by atoms with van der Waals surface area (Å²) in [6.45, 7) is 4.44. The van der Waals surface area contributed by atoms with E-state index < -0.39 is 26.5 Å². The number of phosphoric ester groups is 1. The number of carbonyl (C=O) groups is 2. The van der Waals surface area contributed by atoms with Crippen LogP contribution in [0.2, 0.25) is 0 Å². The molecule has 332 valence electrons. The molecule has 0 aromatic rings. The molecule has 0 spiro atoms. The first kappa shape index (κ1) is 54.8. The van der Waals surface area contributed by atoms with Gasteiger partial charge in [-0.3, -0.25) is 18.6 Å². The van der Waals surface area contributed by atoms with E-state index in [2.05, 4.69) is 26.0 Å². The van der Waals surface area contributed by atoms with Gasteiger partial charge in [0, 0.05) is 12.8 Å². The van der Waals surface area contributed by atoms with Crippen LogP contribution in [0.15, 0.2) is 12.2 Å². The lowest BCUT2D eigenvalue weighted by Gasteiger charge is -2.24. The molecule has 9 nitrogen and oxygen atoms in total. The molecule has 0 saturated heterocycles. The van der Waals surface area contributed by atoms with E-state index in [-0.39, 0.29) is 25.6 Å². The largest absolute Gasteiger partial charge is 0.472 e. The van der Waals surface area contributed by atoms with E-state index in [9.17, 15) is 19.0 Å². The molecule has 10 heteroatoms. The van der Waals surface area contributed by atoms with Gasteiger partial charge in [0.15, 0.2) is 6.10 Å². The van der Waals surface area contributed by atoms with E-state index in [1.54, 1.807) is 0 Å². The molecule has 0 heterocycles. The summed E-state index contributed by atoms with van der Waals surface area (Å²) in [6.07, 6.45) is 41.1. The number of quaternary nitrogens is 1. The fraction of sp³-hybridized carbons (Fsp3) is 0.913. The lowest BCUT2D eigenvalue weighted by molar-refractivity contribution is -0.870. The molecule has 0 amide bonds. The summed E-state index contributed by atoms with van der Waals surface area (Å²) >= 11 is 0. The summed E-state index contributed by atoms with van der Waals surface area (Å²) in [6, 6.07) is 0. The standard InChI is InChI=1S/C46H90NO8P/c1-6-8-10-12-14-16-18-20-22-23-25-27-29-31-33-35-37-39-46(49)55-44(43-54-56(50,51)53-41-40-47(3,4)5)42-52-45(48)38-36-34-32-30-28-26-24-21-19-17-15-13-11-9-7-2/h25,27,44H,6-24,26,28-43H2,1-5H3/p+1/b27-25-/t44-/m1/s1. The summed E-state index contributed by atoms with van der Waals surface area (Å²) in [5.74, 6) is -0.800. The van der Waals surface area contributed by atoms with Crippen LogP contribution in [-0.2, 0) is 32.7 Å². The molecular formula is C46H91NO8P+. The molecule has 1 unspecified atom stereocenters. The van der Waals surface area contributed by atoms with Crippen molar-refractivity contribution in [3.8, 4) is 0 Å². The predicted octanol–water partition coefficient (Wildman–Crippen LogP) is 13.4. The van der Waals surface area contributed by atoms with Crippen molar-refractivity contribution in [2.75, 3.05) is 47.5 Å². The Labute approximate surface area is 346 Å². The zero-order chi connectivity index (χ0) is 41.4. The molecule has 0 fully saturated rings. The third-order valence-corrected chi connectivity index (χ3v) is 11.3. The van der Waals surface area contributed by atoms with Gasteiger partial charge in [-0.05, 0) is 38.5 Å². The molecule has 0 rings (SSSR count). The first-order chi connectivity index (χ1) is 27.0. The highest BCUT2D eigenvalue weighted by Gasteiger charge is 2.27. The third kappa shape index (κ3) is 42.4. The van der Waals surface area contributed by atoms with Gasteiger partial charge >= 0.3 is 19.8 Å². The Hall–Kier alpha value is -1.25. The van der Waals surface area contributed by atoms with Crippen molar-refractivity contribution in [1.82, 2.24) is 0 Å². The van der Waals surface area contributed by atoms with Crippen molar-refractivity contribution in [2.24, 2.45) is 0 Å². The topological polar surface area (TPSA) is 108 Å². The Morgan fingerprint density at radius 1 is 0.536 bits per heavy atom. The molecule has 56 heavy (non-hydrogen) atoms. The van der Waals surface area contributed by atoms with E-state index >= 15 is 0 Å². The first-order valence-corrected chi connectivity index (χ1v) is 24.9. The van der Waals surface area contributed by atoms with Gasteiger partial charge in [-0.15, -0.1) is 0 Å². The molecule has 1 N–H and O–H groups in total. The molecule has 0 aromatic heterocycles. The predicted molar refractivity (Wildman–Crippen MR) is 234 cm³/mol. The van der Waals surface area contributed by atoms with Crippen LogP contribution in [0.1, 0.15) is 219 Å². The summed E-state index contributed by atoms with van der Waals surface area (Å²) < 4.78 is 34.3. The van der Waals surface area contributed by atoms with Gasteiger partial charge < -0.3 is 18.9 Å².